The van der Waals surface area contributed by atoms with Crippen LogP contribution in [-0.2, 0) is 79.6 Å². The minimum absolute atomic E-state index is 0.0177. The van der Waals surface area contributed by atoms with Crippen molar-refractivity contribution >= 4 is 63.1 Å². The molecule has 0 aliphatic carbocycles. The molecular formula is C85H179N9O21Si4. The van der Waals surface area contributed by atoms with E-state index < -0.39 is 81.8 Å². The van der Waals surface area contributed by atoms with E-state index in [4.69, 9.17) is 55.6 Å². The second kappa shape index (κ2) is 72.4. The molecule has 706 valence electrons. The number of carbonyl (C=O) groups excluding carboxylic acids is 5. The second-order valence-corrected chi connectivity index (χ2v) is 52.3. The third kappa shape index (κ3) is 69.3. The van der Waals surface area contributed by atoms with E-state index >= 15 is 0 Å². The van der Waals surface area contributed by atoms with Gasteiger partial charge in [-0.1, -0.05) is 93.4 Å². The van der Waals surface area contributed by atoms with E-state index in [2.05, 4.69) is 110 Å². The van der Waals surface area contributed by atoms with Crippen molar-refractivity contribution in [3.8, 4) is 0 Å². The number of esters is 5. The SMILES string of the molecule is CCN(C)CC(=O)OCCOCCOC(=O)CN(CC)CCCCCCN(CC)CC(O)COCCC[Si](C)(C)O[Si](C)(C)CCCOCC(O)CN(CC)CCCCCCN(CC)CC(=O)OCC(COC(=O)CNC)OC(=O)CN(C)CCCCCCCN(CC)C(O)COCCC[Si](C)(C)O[Si](C)(C)CCCOCC(O)CN(C)CC. The highest BCUT2D eigenvalue weighted by Gasteiger charge is 2.34. The molecule has 0 spiro atoms. The number of carbonyl (C=O) groups is 5. The third-order valence-corrected chi connectivity index (χ3v) is 36.1. The van der Waals surface area contributed by atoms with Crippen molar-refractivity contribution in [2.24, 2.45) is 0 Å². The molecular weight excluding hydrogens is 1600 g/mol. The molecule has 0 heterocycles. The van der Waals surface area contributed by atoms with Crippen LogP contribution < -0.4 is 5.32 Å². The lowest BCUT2D eigenvalue weighted by Gasteiger charge is -2.34. The van der Waals surface area contributed by atoms with Crippen molar-refractivity contribution in [2.45, 2.75) is 265 Å². The van der Waals surface area contributed by atoms with Gasteiger partial charge in [-0.2, -0.15) is 0 Å². The molecule has 0 bridgehead atoms. The van der Waals surface area contributed by atoms with Gasteiger partial charge in [-0.05, 0) is 247 Å². The summed E-state index contributed by atoms with van der Waals surface area (Å²) in [5.41, 5.74) is 0. The predicted octanol–water partition coefficient (Wildman–Crippen LogP) is 8.70. The van der Waals surface area contributed by atoms with Gasteiger partial charge in [-0.25, -0.2) is 0 Å². The number of nitrogens with zero attached hydrogens (tertiary/aromatic N) is 8. The van der Waals surface area contributed by atoms with Crippen molar-refractivity contribution in [3.63, 3.8) is 0 Å². The standard InChI is InChI=1S/C85H179N9O21Si4/c1-20-87(9)63-76(95)70-105-50-40-58-116(12,13)115-119(18,19)61-43-53-108-75-80(98)94(26-7)49-39-29-27-28-34-44-89(11)67-85(103)113-79(73-111-81(99)62-86-8)74-112-84(102)69-93(25-6)48-38-33-31-36-46-91(23-4)65-78(97)72-107-52-42-60-118(16,17)114-117(14,15)59-41-51-106-71-77(96)64-90(22-3)45-35-30-32-37-47-92(24-5)68-83(101)110-57-55-104-54-56-109-82(100)66-88(10)21-2/h76-80,86,95-98H,20-75H2,1-19H3. The first-order valence-corrected chi connectivity index (χ1v) is 58.2. The van der Waals surface area contributed by atoms with Gasteiger partial charge in [0, 0.05) is 52.6 Å². The lowest BCUT2D eigenvalue weighted by Crippen LogP contribution is -2.44. The van der Waals surface area contributed by atoms with Crippen LogP contribution in [0.15, 0.2) is 0 Å². The number of aliphatic hydroxyl groups excluding tert-OH is 4. The highest BCUT2D eigenvalue weighted by molar-refractivity contribution is 6.85. The maximum atomic E-state index is 13.2. The third-order valence-electron chi connectivity index (χ3n) is 21.1. The molecule has 0 fully saturated rings. The van der Waals surface area contributed by atoms with Crippen molar-refractivity contribution < 1.29 is 100.0 Å². The topological polar surface area (TPSA) is 315 Å². The van der Waals surface area contributed by atoms with Crippen LogP contribution in [0.3, 0.4) is 0 Å². The summed E-state index contributed by atoms with van der Waals surface area (Å²) < 4.78 is 70.1. The molecule has 0 aliphatic rings. The fourth-order valence-corrected chi connectivity index (χ4v) is 31.7. The highest BCUT2D eigenvalue weighted by Crippen LogP contribution is 2.26. The van der Waals surface area contributed by atoms with E-state index in [9.17, 15) is 44.4 Å². The van der Waals surface area contributed by atoms with E-state index in [1.807, 2.05) is 56.6 Å². The molecule has 34 heteroatoms. The first-order chi connectivity index (χ1) is 56.6. The largest absolute Gasteiger partial charge is 0.462 e. The van der Waals surface area contributed by atoms with E-state index in [-0.39, 0.29) is 97.5 Å². The van der Waals surface area contributed by atoms with Crippen LogP contribution in [0.5, 0.6) is 0 Å². The zero-order valence-corrected chi connectivity index (χ0v) is 82.8. The molecule has 0 aromatic heterocycles. The van der Waals surface area contributed by atoms with Crippen molar-refractivity contribution in [3.05, 3.63) is 0 Å². The first kappa shape index (κ1) is 116. The van der Waals surface area contributed by atoms with Gasteiger partial charge in [0.25, 0.3) is 0 Å². The zero-order chi connectivity index (χ0) is 89.2. The molecule has 0 aliphatic heterocycles. The van der Waals surface area contributed by atoms with Crippen LogP contribution in [0, 0.1) is 0 Å². The zero-order valence-electron chi connectivity index (χ0n) is 78.8. The summed E-state index contributed by atoms with van der Waals surface area (Å²) in [5.74, 6) is -2.03. The molecule has 0 aromatic carbocycles. The molecule has 30 nitrogen and oxygen atoms in total. The number of ether oxygens (including phenoxy) is 10. The van der Waals surface area contributed by atoms with Gasteiger partial charge in [0.2, 0.25) is 0 Å². The normalized spacial score (nSPS) is 13.9. The summed E-state index contributed by atoms with van der Waals surface area (Å²) in [6.07, 6.45) is 13.3. The monoisotopic (exact) mass is 1770 g/mol. The van der Waals surface area contributed by atoms with Crippen molar-refractivity contribution in [1.82, 2.24) is 44.5 Å². The lowest BCUT2D eigenvalue weighted by molar-refractivity contribution is -0.167. The molecule has 0 saturated heterocycles. The summed E-state index contributed by atoms with van der Waals surface area (Å²) in [6.45, 7) is 49.2. The smallest absolute Gasteiger partial charge is 0.320 e. The number of nitrogens with one attached hydrogen (secondary N) is 1. The molecule has 0 saturated carbocycles. The Balaban J connectivity index is 4.49. The summed E-state index contributed by atoms with van der Waals surface area (Å²) >= 11 is 0. The molecule has 0 aromatic rings. The summed E-state index contributed by atoms with van der Waals surface area (Å²) in [6, 6.07) is 3.97. The Morgan fingerprint density at radius 1 is 0.319 bits per heavy atom. The number of hydrogen-bond acceptors (Lipinski definition) is 30. The number of likely N-dealkylation sites (N-methyl/N-ethyl adjacent to an activating group) is 9. The van der Waals surface area contributed by atoms with Crippen molar-refractivity contribution in [2.75, 3.05) is 258 Å². The molecule has 0 amide bonds. The molecule has 5 N–H and O–H groups in total. The molecule has 5 atom stereocenters. The summed E-state index contributed by atoms with van der Waals surface area (Å²) in [5, 5.41) is 45.7. The fourth-order valence-electron chi connectivity index (χ4n) is 14.1. The van der Waals surface area contributed by atoms with Crippen LogP contribution in [0.2, 0.25) is 76.6 Å². The van der Waals surface area contributed by atoms with Gasteiger partial charge in [0.15, 0.2) is 39.4 Å². The second-order valence-electron chi connectivity index (χ2n) is 34.6. The Morgan fingerprint density at radius 3 is 1.06 bits per heavy atom. The van der Waals surface area contributed by atoms with Gasteiger partial charge in [0.05, 0.1) is 90.7 Å². The van der Waals surface area contributed by atoms with E-state index in [0.29, 0.717) is 72.4 Å². The molecule has 0 radical (unpaired) electrons. The average Bonchev–Trinajstić information content (AvgIpc) is 0.879. The average molecular weight is 1780 g/mol. The number of rotatable bonds is 85. The Bertz CT molecular complexity index is 2490. The Hall–Kier alpha value is -2.58. The van der Waals surface area contributed by atoms with Crippen LogP contribution in [0.1, 0.15) is 158 Å². The van der Waals surface area contributed by atoms with Gasteiger partial charge in [0.1, 0.15) is 32.7 Å². The van der Waals surface area contributed by atoms with Gasteiger partial charge in [-0.15, -0.1) is 0 Å². The quantitative estimate of drug-likeness (QED) is 0.0125. The highest BCUT2D eigenvalue weighted by atomic mass is 28.4. The Morgan fingerprint density at radius 2 is 0.664 bits per heavy atom. The Labute approximate surface area is 726 Å². The maximum Gasteiger partial charge on any atom is 0.320 e. The number of unbranched alkanes of at least 4 members (excludes halogenated alkanes) is 10. The minimum atomic E-state index is -1.96. The van der Waals surface area contributed by atoms with E-state index in [1.165, 1.54) is 0 Å². The van der Waals surface area contributed by atoms with Gasteiger partial charge in [-0.3, -0.25) is 48.5 Å². The first-order valence-electron chi connectivity index (χ1n) is 45.8. The Kier molecular flexibility index (Phi) is 70.9. The fraction of sp³-hybridized carbons (Fsp3) is 0.941. The van der Waals surface area contributed by atoms with Gasteiger partial charge >= 0.3 is 29.8 Å². The van der Waals surface area contributed by atoms with E-state index in [0.717, 1.165) is 205 Å². The summed E-state index contributed by atoms with van der Waals surface area (Å²) in [7, 11) is -0.328. The van der Waals surface area contributed by atoms with Crippen LogP contribution >= 0.6 is 0 Å². The molecule has 119 heavy (non-hydrogen) atoms. The number of hydrogen-bond donors (Lipinski definition) is 5. The molecule has 0 rings (SSSR count). The van der Waals surface area contributed by atoms with Gasteiger partial charge < -0.3 is 96.0 Å². The number of aliphatic hydroxyl groups is 4. The molecule has 5 unspecified atom stereocenters. The summed E-state index contributed by atoms with van der Waals surface area (Å²) in [4.78, 5) is 79.4. The van der Waals surface area contributed by atoms with Crippen LogP contribution in [-0.4, -0.2) is 412 Å². The minimum Gasteiger partial charge on any atom is -0.462 e. The van der Waals surface area contributed by atoms with Crippen LogP contribution in [0.25, 0.3) is 0 Å². The maximum absolute atomic E-state index is 13.2. The lowest BCUT2D eigenvalue weighted by atomic mass is 10.1. The predicted molar refractivity (Wildman–Crippen MR) is 485 cm³/mol. The van der Waals surface area contributed by atoms with Crippen molar-refractivity contribution in [1.29, 1.82) is 0 Å². The van der Waals surface area contributed by atoms with Crippen LogP contribution in [0.4, 0.5) is 0 Å². The van der Waals surface area contributed by atoms with E-state index in [1.54, 1.807) is 7.05 Å².